The maximum absolute atomic E-state index is 12.8. The molecule has 3 rings (SSSR count). The molecular weight excluding hydrogens is 539 g/mol. The van der Waals surface area contributed by atoms with Gasteiger partial charge in [-0.3, -0.25) is 9.59 Å². The molecule has 0 heterocycles. The number of hydrogen-bond donors (Lipinski definition) is 4. The van der Waals surface area contributed by atoms with Crippen molar-refractivity contribution in [3.63, 3.8) is 0 Å². The number of allylic oxidation sites excluding steroid dienone is 3. The predicted molar refractivity (Wildman–Crippen MR) is 155 cm³/mol. The second-order valence-electron chi connectivity index (χ2n) is 9.28. The van der Waals surface area contributed by atoms with Gasteiger partial charge in [0.25, 0.3) is 5.91 Å². The lowest BCUT2D eigenvalue weighted by Crippen LogP contribution is -2.42. The van der Waals surface area contributed by atoms with Crippen molar-refractivity contribution in [1.82, 2.24) is 10.6 Å². The fraction of sp³-hybridized carbons (Fsp3) is 0.310. The molecule has 39 heavy (non-hydrogen) atoms. The summed E-state index contributed by atoms with van der Waals surface area (Å²) in [5.74, 6) is -1.27. The molecule has 2 aromatic rings. The first-order valence-corrected chi connectivity index (χ1v) is 13.4. The minimum Gasteiger partial charge on any atom is -0.480 e. The zero-order valence-electron chi connectivity index (χ0n) is 21.6. The zero-order valence-corrected chi connectivity index (χ0v) is 23.1. The number of carbonyl (C=O) groups is 3. The minimum atomic E-state index is -1.20. The van der Waals surface area contributed by atoms with E-state index in [9.17, 15) is 19.5 Å². The number of rotatable bonds is 11. The van der Waals surface area contributed by atoms with E-state index in [-0.39, 0.29) is 39.9 Å². The molecule has 0 aromatic heterocycles. The molecule has 0 aliphatic heterocycles. The predicted octanol–water partition coefficient (Wildman–Crippen LogP) is 5.62. The molecule has 0 radical (unpaired) electrons. The highest BCUT2D eigenvalue weighted by Gasteiger charge is 2.27. The lowest BCUT2D eigenvalue weighted by Gasteiger charge is -2.29. The van der Waals surface area contributed by atoms with E-state index in [1.807, 2.05) is 25.2 Å². The SMILES string of the molecule is C=N/C(=C\C=C/C)NC1CCC(C(=O)Nc2ccc(C[C@H](NC(=O)c3c(Cl)cccc3Cl)C(=O)O)cc2)CC1. The normalized spacial score (nSPS) is 18.3. The van der Waals surface area contributed by atoms with Gasteiger partial charge in [-0.05, 0) is 75.2 Å². The van der Waals surface area contributed by atoms with Crippen LogP contribution in [-0.2, 0) is 16.0 Å². The van der Waals surface area contributed by atoms with Gasteiger partial charge in [-0.2, -0.15) is 0 Å². The third kappa shape index (κ3) is 8.70. The van der Waals surface area contributed by atoms with Gasteiger partial charge in [0, 0.05) is 24.1 Å². The highest BCUT2D eigenvalue weighted by atomic mass is 35.5. The third-order valence-electron chi connectivity index (χ3n) is 6.52. The van der Waals surface area contributed by atoms with Crippen molar-refractivity contribution in [2.45, 2.75) is 51.1 Å². The monoisotopic (exact) mass is 570 g/mol. The van der Waals surface area contributed by atoms with Crippen molar-refractivity contribution in [3.8, 4) is 0 Å². The van der Waals surface area contributed by atoms with Crippen LogP contribution >= 0.6 is 23.2 Å². The number of carboxylic acids is 1. The second-order valence-corrected chi connectivity index (χ2v) is 10.1. The zero-order chi connectivity index (χ0) is 28.4. The van der Waals surface area contributed by atoms with E-state index in [0.717, 1.165) is 31.5 Å². The number of halogens is 2. The molecule has 0 saturated heterocycles. The molecule has 0 spiro atoms. The third-order valence-corrected chi connectivity index (χ3v) is 7.15. The Morgan fingerprint density at radius 1 is 1.08 bits per heavy atom. The number of aliphatic carboxylic acids is 1. The molecule has 1 atom stereocenters. The summed E-state index contributed by atoms with van der Waals surface area (Å²) in [6.45, 7) is 5.53. The summed E-state index contributed by atoms with van der Waals surface area (Å²) in [4.78, 5) is 41.3. The van der Waals surface area contributed by atoms with Crippen molar-refractivity contribution in [2.75, 3.05) is 5.32 Å². The van der Waals surface area contributed by atoms with Crippen molar-refractivity contribution in [3.05, 3.63) is 87.7 Å². The Bertz CT molecular complexity index is 1230. The van der Waals surface area contributed by atoms with E-state index in [1.165, 1.54) is 12.1 Å². The van der Waals surface area contributed by atoms with E-state index in [2.05, 4.69) is 27.7 Å². The maximum atomic E-state index is 12.8. The summed E-state index contributed by atoms with van der Waals surface area (Å²) < 4.78 is 0. The number of benzene rings is 2. The maximum Gasteiger partial charge on any atom is 0.326 e. The Morgan fingerprint density at radius 3 is 2.28 bits per heavy atom. The van der Waals surface area contributed by atoms with Gasteiger partial charge in [-0.1, -0.05) is 53.6 Å². The first-order valence-electron chi connectivity index (χ1n) is 12.7. The van der Waals surface area contributed by atoms with E-state index < -0.39 is 17.9 Å². The van der Waals surface area contributed by atoms with Gasteiger partial charge in [-0.15, -0.1) is 0 Å². The lowest BCUT2D eigenvalue weighted by molar-refractivity contribution is -0.139. The first-order chi connectivity index (χ1) is 18.7. The average molecular weight is 572 g/mol. The summed E-state index contributed by atoms with van der Waals surface area (Å²) in [7, 11) is 0. The number of carbonyl (C=O) groups excluding carboxylic acids is 2. The molecule has 1 aliphatic rings. The van der Waals surface area contributed by atoms with Gasteiger partial charge >= 0.3 is 5.97 Å². The fourth-order valence-electron chi connectivity index (χ4n) is 4.39. The summed E-state index contributed by atoms with van der Waals surface area (Å²) in [6, 6.07) is 10.6. The van der Waals surface area contributed by atoms with Crippen molar-refractivity contribution in [1.29, 1.82) is 0 Å². The standard InChI is InChI=1S/C29H32Cl2N4O4/c1-3-4-8-25(32-2)33-20-15-11-19(12-16-20)27(36)34-21-13-9-18(10-14-21)17-24(29(38)39)35-28(37)26-22(30)6-5-7-23(26)31/h3-10,13-14,19-20,24,33H,2,11-12,15-17H2,1H3,(H,34,36)(H,35,37)(H,38,39)/b4-3-,25-8+/t19?,20?,24-/m0/s1. The van der Waals surface area contributed by atoms with Crippen LogP contribution in [0.1, 0.15) is 48.5 Å². The molecule has 4 N–H and O–H groups in total. The highest BCUT2D eigenvalue weighted by Crippen LogP contribution is 2.27. The Kier molecular flexibility index (Phi) is 11.1. The van der Waals surface area contributed by atoms with Crippen LogP contribution in [0, 0.1) is 5.92 Å². The summed E-state index contributed by atoms with van der Waals surface area (Å²) in [6.07, 6.45) is 8.94. The molecule has 2 amide bonds. The summed E-state index contributed by atoms with van der Waals surface area (Å²) in [5.41, 5.74) is 1.32. The topological polar surface area (TPSA) is 120 Å². The number of nitrogens with one attached hydrogen (secondary N) is 3. The van der Waals surface area contributed by atoms with Crippen molar-refractivity contribution < 1.29 is 19.5 Å². The van der Waals surface area contributed by atoms with Crippen LogP contribution in [0.25, 0.3) is 0 Å². The minimum absolute atomic E-state index is 0.0258. The van der Waals surface area contributed by atoms with Crippen molar-refractivity contribution >= 4 is 53.4 Å². The summed E-state index contributed by atoms with van der Waals surface area (Å²) in [5, 5.41) is 18.7. The van der Waals surface area contributed by atoms with Crippen LogP contribution in [0.2, 0.25) is 10.0 Å². The van der Waals surface area contributed by atoms with Gasteiger partial charge in [0.1, 0.15) is 11.9 Å². The van der Waals surface area contributed by atoms with Gasteiger partial charge in [0.2, 0.25) is 5.91 Å². The molecule has 2 aromatic carbocycles. The number of amides is 2. The van der Waals surface area contributed by atoms with Gasteiger partial charge in [-0.25, -0.2) is 9.79 Å². The number of anilines is 1. The molecule has 8 nitrogen and oxygen atoms in total. The highest BCUT2D eigenvalue weighted by molar-refractivity contribution is 6.39. The number of carboxylic acid groups (broad SMARTS) is 1. The van der Waals surface area contributed by atoms with E-state index >= 15 is 0 Å². The van der Waals surface area contributed by atoms with E-state index in [0.29, 0.717) is 11.3 Å². The molecule has 0 unspecified atom stereocenters. The quantitative estimate of drug-likeness (QED) is 0.206. The molecule has 10 heteroatoms. The number of aliphatic imine (C=N–C) groups is 1. The molecular formula is C29H32Cl2N4O4. The Hall–Kier alpha value is -3.62. The van der Waals surface area contributed by atoms with Crippen LogP contribution in [0.3, 0.4) is 0 Å². The van der Waals surface area contributed by atoms with E-state index in [1.54, 1.807) is 30.3 Å². The molecule has 1 fully saturated rings. The van der Waals surface area contributed by atoms with Gasteiger partial charge < -0.3 is 21.1 Å². The molecule has 0 bridgehead atoms. The lowest BCUT2D eigenvalue weighted by atomic mass is 9.85. The number of hydrogen-bond acceptors (Lipinski definition) is 5. The molecule has 206 valence electrons. The smallest absolute Gasteiger partial charge is 0.326 e. The Balaban J connectivity index is 1.53. The van der Waals surface area contributed by atoms with Crippen LogP contribution in [0.4, 0.5) is 5.69 Å². The van der Waals surface area contributed by atoms with Crippen LogP contribution in [0.5, 0.6) is 0 Å². The number of nitrogens with zero attached hydrogens (tertiary/aromatic N) is 1. The Morgan fingerprint density at radius 2 is 1.72 bits per heavy atom. The van der Waals surface area contributed by atoms with Gasteiger partial charge in [0.05, 0.1) is 15.6 Å². The first kappa shape index (κ1) is 29.9. The Labute approximate surface area is 238 Å². The van der Waals surface area contributed by atoms with Crippen LogP contribution in [-0.4, -0.2) is 41.7 Å². The van der Waals surface area contributed by atoms with Crippen LogP contribution in [0.15, 0.2) is 71.5 Å². The fourth-order valence-corrected chi connectivity index (χ4v) is 4.96. The van der Waals surface area contributed by atoms with Gasteiger partial charge in [0.15, 0.2) is 0 Å². The molecule has 1 aliphatic carbocycles. The average Bonchev–Trinajstić information content (AvgIpc) is 2.91. The van der Waals surface area contributed by atoms with Crippen molar-refractivity contribution in [2.24, 2.45) is 10.9 Å². The summed E-state index contributed by atoms with van der Waals surface area (Å²) >= 11 is 12.1. The largest absolute Gasteiger partial charge is 0.480 e. The second kappa shape index (κ2) is 14.5. The molecule has 1 saturated carbocycles. The van der Waals surface area contributed by atoms with Crippen LogP contribution < -0.4 is 16.0 Å². The van der Waals surface area contributed by atoms with E-state index in [4.69, 9.17) is 23.2 Å².